The molecule has 2 rings (SSSR count). The highest BCUT2D eigenvalue weighted by molar-refractivity contribution is 6.04. The van der Waals surface area contributed by atoms with E-state index in [9.17, 15) is 9.59 Å². The number of aromatic carboxylic acids is 1. The number of nitrogens with two attached hydrogens (primary N) is 1. The van der Waals surface area contributed by atoms with Gasteiger partial charge in [-0.2, -0.15) is 0 Å². The van der Waals surface area contributed by atoms with E-state index in [1.807, 2.05) is 0 Å². The molecule has 2 aromatic rings. The Balaban J connectivity index is 2.08. The molecule has 0 spiro atoms. The minimum Gasteiger partial charge on any atom is -0.478 e. The Labute approximate surface area is 116 Å². The molecule has 2 aromatic carbocycles. The maximum Gasteiger partial charge on any atom is 0.335 e. The van der Waals surface area contributed by atoms with Gasteiger partial charge in [0.05, 0.1) is 5.56 Å². The summed E-state index contributed by atoms with van der Waals surface area (Å²) in [5, 5.41) is 11.5. The second-order valence-electron chi connectivity index (χ2n) is 4.24. The quantitative estimate of drug-likeness (QED) is 0.793. The lowest BCUT2D eigenvalue weighted by molar-refractivity contribution is 0.0696. The zero-order valence-corrected chi connectivity index (χ0v) is 10.7. The van der Waals surface area contributed by atoms with E-state index in [2.05, 4.69) is 5.32 Å². The van der Waals surface area contributed by atoms with Gasteiger partial charge < -0.3 is 16.2 Å². The fourth-order valence-electron chi connectivity index (χ4n) is 1.69. The normalized spacial score (nSPS) is 10.1. The van der Waals surface area contributed by atoms with Crippen LogP contribution in [0.4, 0.5) is 5.69 Å². The molecular formula is C15H14N2O3. The van der Waals surface area contributed by atoms with Crippen LogP contribution in [0.2, 0.25) is 0 Å². The largest absolute Gasteiger partial charge is 0.478 e. The summed E-state index contributed by atoms with van der Waals surface area (Å²) < 4.78 is 0. The summed E-state index contributed by atoms with van der Waals surface area (Å²) in [5.74, 6) is -1.25. The van der Waals surface area contributed by atoms with Gasteiger partial charge in [0, 0.05) is 17.8 Å². The third-order valence-corrected chi connectivity index (χ3v) is 2.84. The van der Waals surface area contributed by atoms with E-state index in [1.165, 1.54) is 12.1 Å². The van der Waals surface area contributed by atoms with Crippen molar-refractivity contribution in [2.45, 2.75) is 6.54 Å². The van der Waals surface area contributed by atoms with Crippen LogP contribution in [0.3, 0.4) is 0 Å². The number of carbonyl (C=O) groups is 2. The first-order valence-corrected chi connectivity index (χ1v) is 6.04. The molecule has 0 aliphatic rings. The highest BCUT2D eigenvalue weighted by atomic mass is 16.4. The summed E-state index contributed by atoms with van der Waals surface area (Å²) in [6.07, 6.45) is 0. The van der Waals surface area contributed by atoms with Gasteiger partial charge >= 0.3 is 5.97 Å². The molecule has 5 heteroatoms. The molecule has 0 radical (unpaired) electrons. The Bertz CT molecular complexity index is 619. The second kappa shape index (κ2) is 5.99. The number of carboxylic acid groups (broad SMARTS) is 1. The van der Waals surface area contributed by atoms with E-state index in [0.717, 1.165) is 5.56 Å². The Morgan fingerprint density at radius 3 is 2.00 bits per heavy atom. The lowest BCUT2D eigenvalue weighted by Crippen LogP contribution is -2.12. The van der Waals surface area contributed by atoms with Crippen molar-refractivity contribution >= 4 is 17.6 Å². The van der Waals surface area contributed by atoms with Gasteiger partial charge in [0.2, 0.25) is 0 Å². The molecule has 4 N–H and O–H groups in total. The SMILES string of the molecule is NCc1ccc(C(=O)Nc2ccc(C(=O)O)cc2)cc1. The van der Waals surface area contributed by atoms with Crippen molar-refractivity contribution in [3.63, 3.8) is 0 Å². The van der Waals surface area contributed by atoms with Crippen molar-refractivity contribution in [1.29, 1.82) is 0 Å². The molecule has 0 heterocycles. The molecule has 0 fully saturated rings. The van der Waals surface area contributed by atoms with Gasteiger partial charge in [0.25, 0.3) is 5.91 Å². The summed E-state index contributed by atoms with van der Waals surface area (Å²) in [7, 11) is 0. The predicted octanol–water partition coefficient (Wildman–Crippen LogP) is 2.10. The van der Waals surface area contributed by atoms with Gasteiger partial charge in [-0.1, -0.05) is 12.1 Å². The van der Waals surface area contributed by atoms with Crippen LogP contribution in [-0.2, 0) is 6.54 Å². The summed E-state index contributed by atoms with van der Waals surface area (Å²) in [5.41, 5.74) is 7.68. The number of anilines is 1. The van der Waals surface area contributed by atoms with E-state index in [1.54, 1.807) is 36.4 Å². The number of carbonyl (C=O) groups excluding carboxylic acids is 1. The summed E-state index contributed by atoms with van der Waals surface area (Å²) >= 11 is 0. The van der Waals surface area contributed by atoms with Gasteiger partial charge in [-0.15, -0.1) is 0 Å². The van der Waals surface area contributed by atoms with Crippen molar-refractivity contribution in [1.82, 2.24) is 0 Å². The molecule has 0 aliphatic heterocycles. The lowest BCUT2D eigenvalue weighted by atomic mass is 10.1. The first-order valence-electron chi connectivity index (χ1n) is 6.04. The number of benzene rings is 2. The van der Waals surface area contributed by atoms with Crippen molar-refractivity contribution in [2.75, 3.05) is 5.32 Å². The van der Waals surface area contributed by atoms with Crippen LogP contribution < -0.4 is 11.1 Å². The maximum atomic E-state index is 12.0. The number of rotatable bonds is 4. The fraction of sp³-hybridized carbons (Fsp3) is 0.0667. The van der Waals surface area contributed by atoms with Crippen LogP contribution in [0.15, 0.2) is 48.5 Å². The first kappa shape index (κ1) is 13.8. The van der Waals surface area contributed by atoms with Gasteiger partial charge in [-0.05, 0) is 42.0 Å². The number of hydrogen-bond acceptors (Lipinski definition) is 3. The zero-order valence-electron chi connectivity index (χ0n) is 10.7. The van der Waals surface area contributed by atoms with Crippen molar-refractivity contribution in [3.8, 4) is 0 Å². The molecule has 0 saturated carbocycles. The Morgan fingerprint density at radius 2 is 1.50 bits per heavy atom. The molecule has 0 aliphatic carbocycles. The molecule has 0 unspecified atom stereocenters. The van der Waals surface area contributed by atoms with Gasteiger partial charge in [-0.25, -0.2) is 4.79 Å². The minimum absolute atomic E-state index is 0.176. The molecule has 0 aromatic heterocycles. The third-order valence-electron chi connectivity index (χ3n) is 2.84. The molecule has 20 heavy (non-hydrogen) atoms. The van der Waals surface area contributed by atoms with E-state index < -0.39 is 5.97 Å². The van der Waals surface area contributed by atoms with Gasteiger partial charge in [0.1, 0.15) is 0 Å². The molecule has 0 bridgehead atoms. The average molecular weight is 270 g/mol. The van der Waals surface area contributed by atoms with Crippen LogP contribution >= 0.6 is 0 Å². The maximum absolute atomic E-state index is 12.0. The van der Waals surface area contributed by atoms with Crippen molar-refractivity contribution < 1.29 is 14.7 Å². The summed E-state index contributed by atoms with van der Waals surface area (Å²) in [6, 6.07) is 13.0. The Morgan fingerprint density at radius 1 is 0.950 bits per heavy atom. The predicted molar refractivity (Wildman–Crippen MR) is 75.7 cm³/mol. The van der Waals surface area contributed by atoms with Crippen molar-refractivity contribution in [2.24, 2.45) is 5.73 Å². The highest BCUT2D eigenvalue weighted by Crippen LogP contribution is 2.12. The molecular weight excluding hydrogens is 256 g/mol. The van der Waals surface area contributed by atoms with Crippen LogP contribution in [0.1, 0.15) is 26.3 Å². The number of amides is 1. The Hall–Kier alpha value is -2.66. The topological polar surface area (TPSA) is 92.4 Å². The van der Waals surface area contributed by atoms with Crippen LogP contribution in [0, 0.1) is 0 Å². The molecule has 1 amide bonds. The molecule has 102 valence electrons. The summed E-state index contributed by atoms with van der Waals surface area (Å²) in [6.45, 7) is 0.429. The number of nitrogens with one attached hydrogen (secondary N) is 1. The van der Waals surface area contributed by atoms with Gasteiger partial charge in [-0.3, -0.25) is 4.79 Å². The van der Waals surface area contributed by atoms with E-state index >= 15 is 0 Å². The van der Waals surface area contributed by atoms with E-state index in [-0.39, 0.29) is 11.5 Å². The van der Waals surface area contributed by atoms with Crippen LogP contribution in [-0.4, -0.2) is 17.0 Å². The number of carboxylic acids is 1. The van der Waals surface area contributed by atoms with E-state index in [4.69, 9.17) is 10.8 Å². The smallest absolute Gasteiger partial charge is 0.335 e. The monoisotopic (exact) mass is 270 g/mol. The highest BCUT2D eigenvalue weighted by Gasteiger charge is 2.07. The van der Waals surface area contributed by atoms with Crippen molar-refractivity contribution in [3.05, 3.63) is 65.2 Å². The fourth-order valence-corrected chi connectivity index (χ4v) is 1.69. The summed E-state index contributed by atoms with van der Waals surface area (Å²) in [4.78, 5) is 22.7. The molecule has 0 atom stereocenters. The zero-order chi connectivity index (χ0) is 14.5. The Kier molecular flexibility index (Phi) is 4.12. The molecule has 0 saturated heterocycles. The third kappa shape index (κ3) is 3.21. The van der Waals surface area contributed by atoms with Gasteiger partial charge in [0.15, 0.2) is 0 Å². The molecule has 5 nitrogen and oxygen atoms in total. The minimum atomic E-state index is -1.000. The van der Waals surface area contributed by atoms with Crippen LogP contribution in [0.5, 0.6) is 0 Å². The standard InChI is InChI=1S/C15H14N2O3/c16-9-10-1-3-11(4-2-10)14(18)17-13-7-5-12(6-8-13)15(19)20/h1-8H,9,16H2,(H,17,18)(H,19,20). The second-order valence-corrected chi connectivity index (χ2v) is 4.24. The first-order chi connectivity index (χ1) is 9.60. The number of hydrogen-bond donors (Lipinski definition) is 3. The lowest BCUT2D eigenvalue weighted by Gasteiger charge is -2.06. The average Bonchev–Trinajstić information content (AvgIpc) is 2.48. The van der Waals surface area contributed by atoms with E-state index in [0.29, 0.717) is 17.8 Å². The van der Waals surface area contributed by atoms with Crippen LogP contribution in [0.25, 0.3) is 0 Å².